The maximum Gasteiger partial charge on any atom is 0.330 e. The topological polar surface area (TPSA) is 35.5 Å². The zero-order valence-electron chi connectivity index (χ0n) is 14.1. The number of ether oxygens (including phenoxy) is 1. The molecule has 1 atom stereocenters. The molecule has 0 rings (SSSR count). The Morgan fingerprint density at radius 1 is 1.35 bits per heavy atom. The molecule has 116 valence electrons. The standard InChI is InChI=1S/C16H30O3Si/c1-9-11-14(13(3)12-15(17)18-10-2)19-20(7,8)16(4,5)6/h9,12,14H,1,10-11H2,2-8H3/b13-12+/t14-/m0/s1. The predicted octanol–water partition coefficient (Wildman–Crippen LogP) is 4.46. The third-order valence-corrected chi connectivity index (χ3v) is 8.25. The van der Waals surface area contributed by atoms with E-state index in [9.17, 15) is 4.79 Å². The number of carbonyl (C=O) groups excluding carboxylic acids is 1. The maximum atomic E-state index is 11.6. The first-order valence-corrected chi connectivity index (χ1v) is 10.1. The summed E-state index contributed by atoms with van der Waals surface area (Å²) in [7, 11) is -1.88. The fraction of sp³-hybridized carbons (Fsp3) is 0.688. The monoisotopic (exact) mass is 298 g/mol. The van der Waals surface area contributed by atoms with Crippen LogP contribution in [0.4, 0.5) is 0 Å². The van der Waals surface area contributed by atoms with Crippen molar-refractivity contribution in [1.82, 2.24) is 0 Å². The van der Waals surface area contributed by atoms with E-state index >= 15 is 0 Å². The Hall–Kier alpha value is -0.873. The average molecular weight is 298 g/mol. The van der Waals surface area contributed by atoms with Crippen molar-refractivity contribution in [2.24, 2.45) is 0 Å². The van der Waals surface area contributed by atoms with E-state index in [-0.39, 0.29) is 17.1 Å². The molecule has 0 N–H and O–H groups in total. The molecule has 0 unspecified atom stereocenters. The van der Waals surface area contributed by atoms with Crippen LogP contribution < -0.4 is 0 Å². The minimum atomic E-state index is -1.88. The summed E-state index contributed by atoms with van der Waals surface area (Å²) in [6, 6.07) is 0. The molecule has 0 saturated heterocycles. The molecule has 0 heterocycles. The van der Waals surface area contributed by atoms with Crippen LogP contribution in [0.25, 0.3) is 0 Å². The van der Waals surface area contributed by atoms with E-state index in [1.54, 1.807) is 6.92 Å². The molecule has 0 aromatic rings. The van der Waals surface area contributed by atoms with Gasteiger partial charge in [0.1, 0.15) is 0 Å². The van der Waals surface area contributed by atoms with Gasteiger partial charge in [0.25, 0.3) is 0 Å². The lowest BCUT2D eigenvalue weighted by Gasteiger charge is -2.39. The van der Waals surface area contributed by atoms with Gasteiger partial charge in [0.2, 0.25) is 0 Å². The van der Waals surface area contributed by atoms with Crippen molar-refractivity contribution >= 4 is 14.3 Å². The molecule has 0 aromatic carbocycles. The van der Waals surface area contributed by atoms with Crippen molar-refractivity contribution < 1.29 is 14.0 Å². The molecule has 0 amide bonds. The van der Waals surface area contributed by atoms with E-state index in [0.717, 1.165) is 5.57 Å². The molecular weight excluding hydrogens is 268 g/mol. The molecule has 0 fully saturated rings. The van der Waals surface area contributed by atoms with E-state index in [4.69, 9.17) is 9.16 Å². The van der Waals surface area contributed by atoms with E-state index in [2.05, 4.69) is 40.4 Å². The van der Waals surface area contributed by atoms with Crippen molar-refractivity contribution in [3.05, 3.63) is 24.3 Å². The van der Waals surface area contributed by atoms with Gasteiger partial charge in [-0.3, -0.25) is 0 Å². The number of hydrogen-bond donors (Lipinski definition) is 0. The molecule has 0 aromatic heterocycles. The van der Waals surface area contributed by atoms with Gasteiger partial charge in [0.05, 0.1) is 12.7 Å². The fourth-order valence-electron chi connectivity index (χ4n) is 1.47. The second-order valence-electron chi connectivity index (χ2n) is 6.53. The van der Waals surface area contributed by atoms with Gasteiger partial charge in [-0.05, 0) is 44.0 Å². The zero-order valence-corrected chi connectivity index (χ0v) is 15.1. The minimum absolute atomic E-state index is 0.0993. The van der Waals surface area contributed by atoms with Crippen molar-refractivity contribution in [3.63, 3.8) is 0 Å². The molecule has 0 bridgehead atoms. The Balaban J connectivity index is 5.07. The normalized spacial score (nSPS) is 14.8. The number of carbonyl (C=O) groups is 1. The highest BCUT2D eigenvalue weighted by Gasteiger charge is 2.39. The number of rotatable bonds is 7. The lowest BCUT2D eigenvalue weighted by Crippen LogP contribution is -2.44. The van der Waals surface area contributed by atoms with Crippen molar-refractivity contribution in [3.8, 4) is 0 Å². The van der Waals surface area contributed by atoms with Crippen LogP contribution in [0.15, 0.2) is 24.3 Å². The molecule has 0 saturated carbocycles. The Morgan fingerprint density at radius 2 is 1.90 bits per heavy atom. The van der Waals surface area contributed by atoms with Crippen LogP contribution in [0, 0.1) is 0 Å². The summed E-state index contributed by atoms with van der Waals surface area (Å²) in [5.74, 6) is -0.308. The first kappa shape index (κ1) is 19.1. The van der Waals surface area contributed by atoms with Gasteiger partial charge in [-0.2, -0.15) is 0 Å². The summed E-state index contributed by atoms with van der Waals surface area (Å²) in [4.78, 5) is 11.6. The van der Waals surface area contributed by atoms with Gasteiger partial charge in [-0.1, -0.05) is 26.8 Å². The summed E-state index contributed by atoms with van der Waals surface area (Å²) in [5.41, 5.74) is 0.896. The van der Waals surface area contributed by atoms with Crippen molar-refractivity contribution in [1.29, 1.82) is 0 Å². The summed E-state index contributed by atoms with van der Waals surface area (Å²) in [6.07, 6.45) is 3.97. The van der Waals surface area contributed by atoms with Crippen LogP contribution in [-0.4, -0.2) is 27.0 Å². The largest absolute Gasteiger partial charge is 0.463 e. The summed E-state index contributed by atoms with van der Waals surface area (Å²) >= 11 is 0. The second-order valence-corrected chi connectivity index (χ2v) is 11.3. The molecule has 0 aliphatic carbocycles. The molecule has 0 spiro atoms. The van der Waals surface area contributed by atoms with Gasteiger partial charge >= 0.3 is 5.97 Å². The quantitative estimate of drug-likeness (QED) is 0.301. The van der Waals surface area contributed by atoms with Crippen molar-refractivity contribution in [2.45, 2.75) is 65.3 Å². The van der Waals surface area contributed by atoms with Crippen LogP contribution in [0.2, 0.25) is 18.1 Å². The highest BCUT2D eigenvalue weighted by Crippen LogP contribution is 2.38. The minimum Gasteiger partial charge on any atom is -0.463 e. The highest BCUT2D eigenvalue weighted by atomic mass is 28.4. The van der Waals surface area contributed by atoms with Gasteiger partial charge in [0.15, 0.2) is 8.32 Å². The van der Waals surface area contributed by atoms with Crippen molar-refractivity contribution in [2.75, 3.05) is 6.61 Å². The Bertz CT molecular complexity index is 364. The summed E-state index contributed by atoms with van der Waals surface area (Å²) in [5, 5.41) is 0.136. The molecular formula is C16H30O3Si. The zero-order chi connectivity index (χ0) is 16.0. The second kappa shape index (κ2) is 7.79. The molecule has 20 heavy (non-hydrogen) atoms. The first-order chi connectivity index (χ1) is 9.05. The van der Waals surface area contributed by atoms with Gasteiger partial charge in [-0.15, -0.1) is 6.58 Å². The van der Waals surface area contributed by atoms with E-state index in [0.29, 0.717) is 13.0 Å². The number of esters is 1. The molecule has 0 radical (unpaired) electrons. The Morgan fingerprint density at radius 3 is 2.30 bits per heavy atom. The summed E-state index contributed by atoms with van der Waals surface area (Å²) in [6.45, 7) is 18.9. The average Bonchev–Trinajstić information content (AvgIpc) is 2.26. The molecule has 0 aliphatic rings. The van der Waals surface area contributed by atoms with Gasteiger partial charge in [-0.25, -0.2) is 4.79 Å². The third-order valence-electron chi connectivity index (χ3n) is 3.76. The lowest BCUT2D eigenvalue weighted by molar-refractivity contribution is -0.137. The van der Waals surface area contributed by atoms with Crippen LogP contribution in [0.1, 0.15) is 41.0 Å². The maximum absolute atomic E-state index is 11.6. The molecule has 3 nitrogen and oxygen atoms in total. The van der Waals surface area contributed by atoms with E-state index in [1.165, 1.54) is 6.08 Å². The molecule has 0 aliphatic heterocycles. The van der Waals surface area contributed by atoms with Gasteiger partial charge < -0.3 is 9.16 Å². The highest BCUT2D eigenvalue weighted by molar-refractivity contribution is 6.74. The van der Waals surface area contributed by atoms with Crippen LogP contribution in [-0.2, 0) is 14.0 Å². The fourth-order valence-corrected chi connectivity index (χ4v) is 2.82. The lowest BCUT2D eigenvalue weighted by atomic mass is 10.1. The Kier molecular flexibility index (Phi) is 7.45. The van der Waals surface area contributed by atoms with Crippen LogP contribution in [0.5, 0.6) is 0 Å². The van der Waals surface area contributed by atoms with Gasteiger partial charge in [0, 0.05) is 6.08 Å². The SMILES string of the molecule is C=CC[C@H](O[Si](C)(C)C(C)(C)C)/C(C)=C/C(=O)OCC. The van der Waals surface area contributed by atoms with Crippen LogP contribution in [0.3, 0.4) is 0 Å². The first-order valence-electron chi connectivity index (χ1n) is 7.18. The molecule has 4 heteroatoms. The Labute approximate surface area is 125 Å². The third kappa shape index (κ3) is 6.05. The van der Waals surface area contributed by atoms with E-state index < -0.39 is 8.32 Å². The summed E-state index contributed by atoms with van der Waals surface area (Å²) < 4.78 is 11.3. The predicted molar refractivity (Wildman–Crippen MR) is 87.3 cm³/mol. The van der Waals surface area contributed by atoms with E-state index in [1.807, 2.05) is 13.0 Å². The number of hydrogen-bond acceptors (Lipinski definition) is 3. The smallest absolute Gasteiger partial charge is 0.330 e. The van der Waals surface area contributed by atoms with Crippen LogP contribution >= 0.6 is 0 Å².